The van der Waals surface area contributed by atoms with Crippen LogP contribution in [0.1, 0.15) is 49.5 Å². The van der Waals surface area contributed by atoms with Gasteiger partial charge in [-0.15, -0.1) is 10.2 Å². The largest absolute Gasteiger partial charge is 0.372 e. The van der Waals surface area contributed by atoms with Crippen LogP contribution in [0.3, 0.4) is 0 Å². The molecule has 5 nitrogen and oxygen atoms in total. The van der Waals surface area contributed by atoms with E-state index in [1.54, 1.807) is 19.2 Å². The number of nitrogens with zero attached hydrogens (tertiary/aromatic N) is 2. The normalized spacial score (nSPS) is 22.3. The Balaban J connectivity index is 1.77. The highest BCUT2D eigenvalue weighted by Crippen LogP contribution is 2.30. The van der Waals surface area contributed by atoms with Crippen LogP contribution in [0.2, 0.25) is 0 Å². The fourth-order valence-electron chi connectivity index (χ4n) is 2.76. The fraction of sp³-hybridized carbons (Fsp3) is 0.667. The Morgan fingerprint density at radius 2 is 1.90 bits per heavy atom. The van der Waals surface area contributed by atoms with Gasteiger partial charge in [-0.2, -0.15) is 0 Å². The third-order valence-corrected chi connectivity index (χ3v) is 4.25. The molecule has 2 rings (SSSR count). The van der Waals surface area contributed by atoms with Gasteiger partial charge in [-0.1, -0.05) is 26.2 Å². The second-order valence-corrected chi connectivity index (χ2v) is 5.56. The van der Waals surface area contributed by atoms with Crippen molar-refractivity contribution in [1.82, 2.24) is 15.5 Å². The van der Waals surface area contributed by atoms with Crippen molar-refractivity contribution in [3.63, 3.8) is 0 Å². The molecule has 1 aromatic heterocycles. The number of hydrogen-bond acceptors (Lipinski definition) is 4. The van der Waals surface area contributed by atoms with Gasteiger partial charge < -0.3 is 10.6 Å². The molecule has 20 heavy (non-hydrogen) atoms. The molecule has 0 radical (unpaired) electrons. The molecular formula is C15H24N4O. The molecule has 0 aliphatic heterocycles. The van der Waals surface area contributed by atoms with E-state index < -0.39 is 0 Å². The first-order valence-corrected chi connectivity index (χ1v) is 7.52. The Kier molecular flexibility index (Phi) is 5.32. The van der Waals surface area contributed by atoms with E-state index in [9.17, 15) is 4.79 Å². The van der Waals surface area contributed by atoms with Crippen LogP contribution in [0, 0.1) is 11.8 Å². The second kappa shape index (κ2) is 7.22. The molecule has 1 aliphatic rings. The van der Waals surface area contributed by atoms with E-state index in [0.717, 1.165) is 12.5 Å². The van der Waals surface area contributed by atoms with Crippen LogP contribution in [0.15, 0.2) is 12.1 Å². The first kappa shape index (κ1) is 14.8. The van der Waals surface area contributed by atoms with E-state index >= 15 is 0 Å². The molecule has 0 aromatic carbocycles. The molecule has 0 spiro atoms. The topological polar surface area (TPSA) is 66.9 Å². The van der Waals surface area contributed by atoms with Gasteiger partial charge in [0.2, 0.25) is 0 Å². The van der Waals surface area contributed by atoms with Gasteiger partial charge in [-0.3, -0.25) is 4.79 Å². The molecule has 1 aromatic rings. The second-order valence-electron chi connectivity index (χ2n) is 5.56. The van der Waals surface area contributed by atoms with Crippen LogP contribution >= 0.6 is 0 Å². The van der Waals surface area contributed by atoms with Crippen LogP contribution in [-0.4, -0.2) is 29.7 Å². The van der Waals surface area contributed by atoms with Crippen molar-refractivity contribution in [1.29, 1.82) is 0 Å². The van der Waals surface area contributed by atoms with Crippen LogP contribution in [0.25, 0.3) is 0 Å². The van der Waals surface area contributed by atoms with Gasteiger partial charge in [-0.05, 0) is 36.8 Å². The molecule has 110 valence electrons. The maximum atomic E-state index is 12.0. The first-order valence-electron chi connectivity index (χ1n) is 7.52. The van der Waals surface area contributed by atoms with Crippen molar-refractivity contribution in [2.75, 3.05) is 18.9 Å². The summed E-state index contributed by atoms with van der Waals surface area (Å²) < 4.78 is 0. The molecule has 0 unspecified atom stereocenters. The number of anilines is 1. The highest BCUT2D eigenvalue weighted by atomic mass is 16.1. The van der Waals surface area contributed by atoms with Crippen molar-refractivity contribution < 1.29 is 4.79 Å². The number of nitrogens with one attached hydrogen (secondary N) is 2. The van der Waals surface area contributed by atoms with E-state index in [1.165, 1.54) is 32.1 Å². The molecule has 0 atom stereocenters. The van der Waals surface area contributed by atoms with Crippen LogP contribution < -0.4 is 10.6 Å². The predicted octanol–water partition coefficient (Wildman–Crippen LogP) is 2.46. The predicted molar refractivity (Wildman–Crippen MR) is 79.7 cm³/mol. The third-order valence-electron chi connectivity index (χ3n) is 4.25. The van der Waals surface area contributed by atoms with Crippen LogP contribution in [-0.2, 0) is 0 Å². The zero-order chi connectivity index (χ0) is 14.4. The SMILES string of the molecule is CCC1CCC(CNC(=O)c2ccc(NC)nn2)CC1. The summed E-state index contributed by atoms with van der Waals surface area (Å²) in [5.41, 5.74) is 0.381. The Labute approximate surface area is 120 Å². The molecule has 1 saturated carbocycles. The van der Waals surface area contributed by atoms with Crippen molar-refractivity contribution in [3.8, 4) is 0 Å². The maximum absolute atomic E-state index is 12.0. The average molecular weight is 276 g/mol. The number of carbonyl (C=O) groups is 1. The Bertz CT molecular complexity index is 424. The number of rotatable bonds is 5. The summed E-state index contributed by atoms with van der Waals surface area (Å²) in [6.07, 6.45) is 6.33. The molecule has 1 fully saturated rings. The van der Waals surface area contributed by atoms with Gasteiger partial charge >= 0.3 is 0 Å². The van der Waals surface area contributed by atoms with Crippen molar-refractivity contribution in [3.05, 3.63) is 17.8 Å². The number of amides is 1. The monoisotopic (exact) mass is 276 g/mol. The lowest BCUT2D eigenvalue weighted by Crippen LogP contribution is -2.31. The fourth-order valence-corrected chi connectivity index (χ4v) is 2.76. The van der Waals surface area contributed by atoms with E-state index in [4.69, 9.17) is 0 Å². The van der Waals surface area contributed by atoms with E-state index in [-0.39, 0.29) is 5.91 Å². The quantitative estimate of drug-likeness (QED) is 0.867. The highest BCUT2D eigenvalue weighted by molar-refractivity contribution is 5.92. The van der Waals surface area contributed by atoms with Crippen molar-refractivity contribution in [2.24, 2.45) is 11.8 Å². The van der Waals surface area contributed by atoms with Gasteiger partial charge in [0.05, 0.1) is 0 Å². The van der Waals surface area contributed by atoms with Gasteiger partial charge in [0.15, 0.2) is 5.69 Å². The molecular weight excluding hydrogens is 252 g/mol. The molecule has 0 saturated heterocycles. The lowest BCUT2D eigenvalue weighted by molar-refractivity contribution is 0.0935. The summed E-state index contributed by atoms with van der Waals surface area (Å²) in [7, 11) is 1.77. The summed E-state index contributed by atoms with van der Waals surface area (Å²) in [5.74, 6) is 2.05. The smallest absolute Gasteiger partial charge is 0.271 e. The standard InChI is InChI=1S/C15H24N4O/c1-3-11-4-6-12(7-5-11)10-17-15(20)13-8-9-14(16-2)19-18-13/h8-9,11-12H,3-7,10H2,1-2H3,(H,16,19)(H,17,20). The Hall–Kier alpha value is -1.65. The Morgan fingerprint density at radius 3 is 2.45 bits per heavy atom. The van der Waals surface area contributed by atoms with E-state index in [2.05, 4.69) is 27.8 Å². The number of hydrogen-bond donors (Lipinski definition) is 2. The summed E-state index contributed by atoms with van der Waals surface area (Å²) >= 11 is 0. The zero-order valence-corrected chi connectivity index (χ0v) is 12.4. The first-order chi connectivity index (χ1) is 9.72. The maximum Gasteiger partial charge on any atom is 0.271 e. The minimum Gasteiger partial charge on any atom is -0.372 e. The zero-order valence-electron chi connectivity index (χ0n) is 12.4. The van der Waals surface area contributed by atoms with Crippen LogP contribution in [0.5, 0.6) is 0 Å². The molecule has 2 N–H and O–H groups in total. The van der Waals surface area contributed by atoms with Crippen LogP contribution in [0.4, 0.5) is 5.82 Å². The summed E-state index contributed by atoms with van der Waals surface area (Å²) in [5, 5.41) is 13.7. The Morgan fingerprint density at radius 1 is 1.20 bits per heavy atom. The summed E-state index contributed by atoms with van der Waals surface area (Å²) in [6.45, 7) is 3.02. The van der Waals surface area contributed by atoms with Gasteiger partial charge in [0.25, 0.3) is 5.91 Å². The molecule has 5 heteroatoms. The number of carbonyl (C=O) groups excluding carboxylic acids is 1. The molecule has 1 aliphatic carbocycles. The summed E-state index contributed by atoms with van der Waals surface area (Å²) in [4.78, 5) is 12.0. The molecule has 1 heterocycles. The van der Waals surface area contributed by atoms with Gasteiger partial charge in [-0.25, -0.2) is 0 Å². The van der Waals surface area contributed by atoms with Crippen molar-refractivity contribution in [2.45, 2.75) is 39.0 Å². The van der Waals surface area contributed by atoms with E-state index in [0.29, 0.717) is 17.4 Å². The molecule has 0 bridgehead atoms. The van der Waals surface area contributed by atoms with Gasteiger partial charge in [0, 0.05) is 13.6 Å². The highest BCUT2D eigenvalue weighted by Gasteiger charge is 2.20. The van der Waals surface area contributed by atoms with Gasteiger partial charge in [0.1, 0.15) is 5.82 Å². The van der Waals surface area contributed by atoms with E-state index in [1.807, 2.05) is 0 Å². The summed E-state index contributed by atoms with van der Waals surface area (Å²) in [6, 6.07) is 3.45. The minimum absolute atomic E-state index is 0.127. The van der Waals surface area contributed by atoms with Crippen molar-refractivity contribution >= 4 is 11.7 Å². The lowest BCUT2D eigenvalue weighted by atomic mass is 9.81. The minimum atomic E-state index is -0.127. The average Bonchev–Trinajstić information content (AvgIpc) is 2.53. The lowest BCUT2D eigenvalue weighted by Gasteiger charge is -2.27. The third kappa shape index (κ3) is 3.92. The number of aromatic nitrogens is 2. The molecule has 1 amide bonds.